The summed E-state index contributed by atoms with van der Waals surface area (Å²) in [4.78, 5) is 29.6. The monoisotopic (exact) mass is 329 g/mol. The third-order valence-electron chi connectivity index (χ3n) is 1.96. The summed E-state index contributed by atoms with van der Waals surface area (Å²) in [5.74, 6) is 0.731. The first kappa shape index (κ1) is 19.7. The third-order valence-corrected chi connectivity index (χ3v) is 1.96. The van der Waals surface area contributed by atoms with Crippen LogP contribution in [0, 0.1) is 0 Å². The smallest absolute Gasteiger partial charge is 0.269 e. The molecule has 0 spiro atoms. The summed E-state index contributed by atoms with van der Waals surface area (Å²) in [6.45, 7) is 0. The van der Waals surface area contributed by atoms with Crippen LogP contribution in [0.25, 0.3) is 0 Å². The quantitative estimate of drug-likeness (QED) is 0.682. The van der Waals surface area contributed by atoms with Gasteiger partial charge in [-0.2, -0.15) is 0 Å². The van der Waals surface area contributed by atoms with E-state index in [1.807, 2.05) is 12.1 Å². The molecule has 124 valence electrons. The molecule has 0 bridgehead atoms. The van der Waals surface area contributed by atoms with Gasteiger partial charge in [0.15, 0.2) is 36.1 Å². The Morgan fingerprint density at radius 2 is 1.26 bits per heavy atom. The van der Waals surface area contributed by atoms with E-state index in [2.05, 4.69) is 14.7 Å². The van der Waals surface area contributed by atoms with Gasteiger partial charge < -0.3 is 13.3 Å². The van der Waals surface area contributed by atoms with Crippen LogP contribution in [-0.4, -0.2) is 20.3 Å². The van der Waals surface area contributed by atoms with E-state index in [4.69, 9.17) is 4.72 Å². The predicted octanol–water partition coefficient (Wildman–Crippen LogP) is 3.58. The van der Waals surface area contributed by atoms with E-state index < -0.39 is 0 Å². The minimum Gasteiger partial charge on any atom is -0.473 e. The molecule has 3 heterocycles. The van der Waals surface area contributed by atoms with Gasteiger partial charge in [-0.3, -0.25) is 23.8 Å². The third kappa shape index (κ3) is 9.29. The first-order valence-electron chi connectivity index (χ1n) is 6.14. The molecule has 0 unspecified atom stereocenters. The Bertz CT molecular complexity index is 595. The van der Waals surface area contributed by atoms with Crippen LogP contribution in [0.5, 0.6) is 0 Å². The summed E-state index contributed by atoms with van der Waals surface area (Å²) in [6.07, 6.45) is 6.48. The SMILES string of the molecule is F.O=Cc1ccc(C=O)o1.O=Cc1ccco1.[2H]F.c1ccoc1. The molecule has 3 rings (SSSR count). The van der Waals surface area contributed by atoms with E-state index in [9.17, 15) is 14.4 Å². The molecule has 6 nitrogen and oxygen atoms in total. The minimum absolute atomic E-state index is 0. The van der Waals surface area contributed by atoms with Crippen LogP contribution >= 0.6 is 0 Å². The summed E-state index contributed by atoms with van der Waals surface area (Å²) < 4.78 is 26.8. The molecule has 0 amide bonds. The fourth-order valence-corrected chi connectivity index (χ4v) is 1.08. The highest BCUT2D eigenvalue weighted by Gasteiger charge is 1.96. The number of carbonyl (C=O) groups excluding carboxylic acids is 3. The summed E-state index contributed by atoms with van der Waals surface area (Å²) >= 11 is 0. The summed E-state index contributed by atoms with van der Waals surface area (Å²) in [5.41, 5.74) is 0. The Morgan fingerprint density at radius 3 is 1.48 bits per heavy atom. The van der Waals surface area contributed by atoms with Crippen molar-refractivity contribution in [1.82, 2.24) is 0 Å². The van der Waals surface area contributed by atoms with Crippen LogP contribution in [0.2, 0.25) is 0 Å². The number of carbonyl (C=O) groups is 3. The highest BCUT2D eigenvalue weighted by molar-refractivity contribution is 5.75. The van der Waals surface area contributed by atoms with Crippen LogP contribution in [0.1, 0.15) is 31.7 Å². The van der Waals surface area contributed by atoms with Crippen molar-refractivity contribution < 1.29 is 37.1 Å². The van der Waals surface area contributed by atoms with Crippen molar-refractivity contribution in [2.45, 2.75) is 0 Å². The van der Waals surface area contributed by atoms with Crippen LogP contribution in [-0.2, 0) is 0 Å². The molecular weight excluding hydrogens is 314 g/mol. The Balaban J connectivity index is 0. The first-order chi connectivity index (χ1) is 11.3. The molecule has 23 heavy (non-hydrogen) atoms. The summed E-state index contributed by atoms with van der Waals surface area (Å²) in [7, 11) is 0. The van der Waals surface area contributed by atoms with E-state index in [-0.39, 0.29) is 16.2 Å². The van der Waals surface area contributed by atoms with Crippen LogP contribution in [0.15, 0.2) is 68.4 Å². The number of rotatable bonds is 3. The van der Waals surface area contributed by atoms with Gasteiger partial charge in [0.05, 0.1) is 18.8 Å². The molecule has 3 aromatic rings. The first-order valence-corrected chi connectivity index (χ1v) is 5.76. The van der Waals surface area contributed by atoms with Crippen molar-refractivity contribution in [2.24, 2.45) is 0 Å². The topological polar surface area (TPSA) is 90.6 Å². The molecule has 3 aromatic heterocycles. The molecule has 0 aliphatic heterocycles. The predicted molar refractivity (Wildman–Crippen MR) is 77.3 cm³/mol. The normalized spacial score (nSPS) is 8.13. The van der Waals surface area contributed by atoms with Gasteiger partial charge in [-0.25, -0.2) is 0 Å². The average Bonchev–Trinajstić information content (AvgIpc) is 3.41. The lowest BCUT2D eigenvalue weighted by Crippen LogP contribution is -1.70. The lowest BCUT2D eigenvalue weighted by atomic mass is 10.4. The Kier molecular flexibility index (Phi) is 11.7. The van der Waals surface area contributed by atoms with Crippen molar-refractivity contribution in [3.05, 3.63) is 72.5 Å². The lowest BCUT2D eigenvalue weighted by molar-refractivity contribution is 0.107. The van der Waals surface area contributed by atoms with E-state index in [0.717, 1.165) is 0 Å². The van der Waals surface area contributed by atoms with Crippen molar-refractivity contribution in [3.63, 3.8) is 0 Å². The number of hydrogen-bond donors (Lipinski definition) is 0. The Labute approximate surface area is 130 Å². The van der Waals surface area contributed by atoms with Crippen molar-refractivity contribution >= 4 is 18.9 Å². The highest BCUT2D eigenvalue weighted by Crippen LogP contribution is 2.01. The van der Waals surface area contributed by atoms with Gasteiger partial charge in [0, 0.05) is 0 Å². The molecule has 8 heteroatoms. The van der Waals surface area contributed by atoms with Gasteiger partial charge in [0.2, 0.25) is 0 Å². The maximum Gasteiger partial charge on any atom is 0.269 e. The van der Waals surface area contributed by atoms with Crippen molar-refractivity contribution in [3.8, 4) is 0 Å². The Morgan fingerprint density at radius 1 is 0.739 bits per heavy atom. The Hall–Kier alpha value is -3.29. The van der Waals surface area contributed by atoms with Gasteiger partial charge in [-0.1, -0.05) is 0 Å². The second kappa shape index (κ2) is 13.7. The summed E-state index contributed by atoms with van der Waals surface area (Å²) in [6, 6.07) is 9.82. The van der Waals surface area contributed by atoms with Gasteiger partial charge in [0.25, 0.3) is 1.45 Å². The number of halogens is 2. The number of hydrogen-bond acceptors (Lipinski definition) is 6. The summed E-state index contributed by atoms with van der Waals surface area (Å²) in [5, 5.41) is 0. The van der Waals surface area contributed by atoms with E-state index in [1.54, 1.807) is 24.7 Å². The maximum atomic E-state index is 9.93. The fourth-order valence-electron chi connectivity index (χ4n) is 1.08. The molecule has 0 fully saturated rings. The average molecular weight is 329 g/mol. The van der Waals surface area contributed by atoms with Gasteiger partial charge in [0.1, 0.15) is 0 Å². The lowest BCUT2D eigenvalue weighted by Gasteiger charge is -1.75. The highest BCUT2D eigenvalue weighted by atomic mass is 19.0. The zero-order chi connectivity index (χ0) is 17.3. The molecule has 0 aliphatic carbocycles. The van der Waals surface area contributed by atoms with Gasteiger partial charge >= 0.3 is 0 Å². The standard InChI is InChI=1S/C6H4O3.C5H4O2.C4H4O.2FH/c7-3-5-1-2-6(4-8)9-5;6-4-5-2-1-3-7-5;1-2-4-5-3-1;;/h1-4H;1-4H;1-4H;2*1H/i/hD. The minimum atomic E-state index is 0. The molecule has 0 aromatic carbocycles. The van der Waals surface area contributed by atoms with Gasteiger partial charge in [-0.05, 0) is 36.4 Å². The van der Waals surface area contributed by atoms with Crippen molar-refractivity contribution in [2.75, 3.05) is 0 Å². The van der Waals surface area contributed by atoms with Crippen LogP contribution in [0.4, 0.5) is 9.42 Å². The van der Waals surface area contributed by atoms with Gasteiger partial charge in [-0.15, -0.1) is 0 Å². The van der Waals surface area contributed by atoms with E-state index >= 15 is 0 Å². The second-order valence-corrected chi connectivity index (χ2v) is 3.40. The molecule has 0 atom stereocenters. The second-order valence-electron chi connectivity index (χ2n) is 3.40. The molecular formula is C15H14F2O6. The molecule has 0 saturated carbocycles. The molecule has 0 radical (unpaired) electrons. The van der Waals surface area contributed by atoms with E-state index in [0.29, 0.717) is 24.6 Å². The zero-order valence-electron chi connectivity index (χ0n) is 12.7. The molecule has 0 N–H and O–H groups in total. The van der Waals surface area contributed by atoms with E-state index in [1.165, 1.54) is 18.4 Å². The maximum absolute atomic E-state index is 9.93. The number of furan rings is 3. The fraction of sp³-hybridized carbons (Fsp3) is 0. The van der Waals surface area contributed by atoms with Crippen LogP contribution < -0.4 is 0 Å². The molecule has 0 aliphatic rings. The van der Waals surface area contributed by atoms with Crippen molar-refractivity contribution in [1.29, 1.82) is 1.45 Å². The largest absolute Gasteiger partial charge is 0.473 e. The zero-order valence-corrected chi connectivity index (χ0v) is 11.7. The molecule has 0 saturated heterocycles. The van der Waals surface area contributed by atoms with Crippen LogP contribution in [0.3, 0.4) is 0 Å². The number of aldehydes is 3.